The molecule has 0 aliphatic rings. The quantitative estimate of drug-likeness (QED) is 0.261. The molecule has 0 spiro atoms. The van der Waals surface area contributed by atoms with E-state index in [1.807, 2.05) is 13.0 Å². The van der Waals surface area contributed by atoms with Gasteiger partial charge in [0.1, 0.15) is 11.7 Å². The summed E-state index contributed by atoms with van der Waals surface area (Å²) in [7, 11) is 0. The highest BCUT2D eigenvalue weighted by Crippen LogP contribution is 2.12. The van der Waals surface area contributed by atoms with Crippen molar-refractivity contribution in [2.45, 2.75) is 52.9 Å². The average Bonchev–Trinajstić information content (AvgIpc) is 2.40. The van der Waals surface area contributed by atoms with Crippen LogP contribution in [0.2, 0.25) is 0 Å². The molecule has 19 heavy (non-hydrogen) atoms. The van der Waals surface area contributed by atoms with Gasteiger partial charge in [-0.05, 0) is 46.5 Å². The molecule has 0 aromatic carbocycles. The van der Waals surface area contributed by atoms with E-state index in [0.29, 0.717) is 13.0 Å². The minimum absolute atomic E-state index is 0.0442. The van der Waals surface area contributed by atoms with Crippen LogP contribution in [0.25, 0.3) is 0 Å². The zero-order valence-corrected chi connectivity index (χ0v) is 12.4. The third kappa shape index (κ3) is 8.36. The second kappa shape index (κ2) is 10.5. The number of carbonyl (C=O) groups is 2. The van der Waals surface area contributed by atoms with Crippen LogP contribution >= 0.6 is 0 Å². The number of hydrogen-bond donors (Lipinski definition) is 0. The van der Waals surface area contributed by atoms with Gasteiger partial charge in [-0.15, -0.1) is 6.58 Å². The van der Waals surface area contributed by atoms with Crippen molar-refractivity contribution in [2.75, 3.05) is 6.61 Å². The molecule has 108 valence electrons. The lowest BCUT2D eigenvalue weighted by Gasteiger charge is -2.09. The van der Waals surface area contributed by atoms with Gasteiger partial charge in [-0.1, -0.05) is 17.7 Å². The Balaban J connectivity index is 4.00. The Morgan fingerprint density at radius 2 is 1.95 bits per heavy atom. The molecule has 0 amide bonds. The summed E-state index contributed by atoms with van der Waals surface area (Å²) in [4.78, 5) is 23.2. The SMILES string of the molecule is C=CCCC/C=C(\C)CCC(=O)C(C)C(=O)OCC. The molecule has 3 heteroatoms. The molecule has 0 bridgehead atoms. The highest BCUT2D eigenvalue weighted by Gasteiger charge is 2.21. The molecule has 0 fully saturated rings. The molecule has 0 aliphatic carbocycles. The Kier molecular flexibility index (Phi) is 9.77. The maximum absolute atomic E-state index is 11.8. The molecule has 0 aliphatic heterocycles. The molecular weight excluding hydrogens is 240 g/mol. The topological polar surface area (TPSA) is 43.4 Å². The van der Waals surface area contributed by atoms with Crippen molar-refractivity contribution in [1.82, 2.24) is 0 Å². The fraction of sp³-hybridized carbons (Fsp3) is 0.625. The standard InChI is InChI=1S/C16H26O3/c1-5-7-8-9-10-13(3)11-12-15(17)14(4)16(18)19-6-2/h5,10,14H,1,6-9,11-12H2,2-4H3/b13-10+. The number of unbranched alkanes of at least 4 members (excludes halogenated alkanes) is 2. The summed E-state index contributed by atoms with van der Waals surface area (Å²) in [6.07, 6.45) is 8.32. The fourth-order valence-electron chi connectivity index (χ4n) is 1.65. The van der Waals surface area contributed by atoms with Gasteiger partial charge in [-0.2, -0.15) is 0 Å². The Labute approximate surface area is 116 Å². The summed E-state index contributed by atoms with van der Waals surface area (Å²) < 4.78 is 4.84. The lowest BCUT2D eigenvalue weighted by molar-refractivity contribution is -0.150. The van der Waals surface area contributed by atoms with Crippen molar-refractivity contribution in [3.05, 3.63) is 24.3 Å². The third-order valence-electron chi connectivity index (χ3n) is 2.99. The fourth-order valence-corrected chi connectivity index (χ4v) is 1.65. The summed E-state index contributed by atoms with van der Waals surface area (Å²) in [6.45, 7) is 9.38. The second-order valence-corrected chi connectivity index (χ2v) is 4.71. The summed E-state index contributed by atoms with van der Waals surface area (Å²) >= 11 is 0. The summed E-state index contributed by atoms with van der Waals surface area (Å²) in [5, 5.41) is 0. The number of esters is 1. The van der Waals surface area contributed by atoms with Crippen LogP contribution in [-0.4, -0.2) is 18.4 Å². The van der Waals surface area contributed by atoms with Crippen molar-refractivity contribution >= 4 is 11.8 Å². The largest absolute Gasteiger partial charge is 0.465 e. The first kappa shape index (κ1) is 17.6. The molecule has 1 atom stereocenters. The van der Waals surface area contributed by atoms with E-state index in [1.54, 1.807) is 13.8 Å². The van der Waals surface area contributed by atoms with E-state index < -0.39 is 11.9 Å². The number of allylic oxidation sites excluding steroid dienone is 3. The van der Waals surface area contributed by atoms with E-state index in [9.17, 15) is 9.59 Å². The van der Waals surface area contributed by atoms with Gasteiger partial charge < -0.3 is 4.74 Å². The summed E-state index contributed by atoms with van der Waals surface area (Å²) in [6, 6.07) is 0. The first-order valence-corrected chi connectivity index (χ1v) is 6.98. The first-order valence-electron chi connectivity index (χ1n) is 6.98. The van der Waals surface area contributed by atoms with E-state index in [-0.39, 0.29) is 5.78 Å². The van der Waals surface area contributed by atoms with E-state index in [0.717, 1.165) is 25.7 Å². The van der Waals surface area contributed by atoms with Crippen LogP contribution in [-0.2, 0) is 14.3 Å². The summed E-state index contributed by atoms with van der Waals surface area (Å²) in [5.41, 5.74) is 1.20. The van der Waals surface area contributed by atoms with Crippen molar-refractivity contribution in [2.24, 2.45) is 5.92 Å². The molecule has 0 aromatic rings. The van der Waals surface area contributed by atoms with Crippen LogP contribution in [0.4, 0.5) is 0 Å². The van der Waals surface area contributed by atoms with E-state index in [2.05, 4.69) is 12.7 Å². The van der Waals surface area contributed by atoms with E-state index >= 15 is 0 Å². The Morgan fingerprint density at radius 3 is 2.53 bits per heavy atom. The normalized spacial score (nSPS) is 12.9. The number of carbonyl (C=O) groups excluding carboxylic acids is 2. The minimum atomic E-state index is -0.645. The Bertz CT molecular complexity index is 329. The van der Waals surface area contributed by atoms with E-state index in [1.165, 1.54) is 5.57 Å². The van der Waals surface area contributed by atoms with Gasteiger partial charge in [0.25, 0.3) is 0 Å². The van der Waals surface area contributed by atoms with Crippen molar-refractivity contribution < 1.29 is 14.3 Å². The van der Waals surface area contributed by atoms with Gasteiger partial charge in [0, 0.05) is 6.42 Å². The molecule has 0 rings (SSSR count). The molecule has 0 saturated heterocycles. The molecule has 1 unspecified atom stereocenters. The lowest BCUT2D eigenvalue weighted by atomic mass is 9.99. The zero-order valence-electron chi connectivity index (χ0n) is 12.4. The highest BCUT2D eigenvalue weighted by atomic mass is 16.5. The molecular formula is C16H26O3. The Morgan fingerprint density at radius 1 is 1.26 bits per heavy atom. The second-order valence-electron chi connectivity index (χ2n) is 4.71. The maximum Gasteiger partial charge on any atom is 0.316 e. The number of hydrogen-bond acceptors (Lipinski definition) is 3. The van der Waals surface area contributed by atoms with Gasteiger partial charge in [0.2, 0.25) is 0 Å². The molecule has 0 aromatic heterocycles. The highest BCUT2D eigenvalue weighted by molar-refractivity contribution is 5.98. The number of ether oxygens (including phenoxy) is 1. The van der Waals surface area contributed by atoms with Crippen LogP contribution < -0.4 is 0 Å². The van der Waals surface area contributed by atoms with Crippen molar-refractivity contribution in [3.63, 3.8) is 0 Å². The first-order chi connectivity index (χ1) is 9.02. The zero-order chi connectivity index (χ0) is 14.7. The smallest absolute Gasteiger partial charge is 0.316 e. The predicted octanol–water partition coefficient (Wildman–Crippen LogP) is 3.84. The summed E-state index contributed by atoms with van der Waals surface area (Å²) in [5.74, 6) is -1.11. The number of rotatable bonds is 10. The molecule has 0 radical (unpaired) electrons. The lowest BCUT2D eigenvalue weighted by Crippen LogP contribution is -2.23. The van der Waals surface area contributed by atoms with Crippen LogP contribution in [0, 0.1) is 5.92 Å². The number of Topliss-reactive ketones (excluding diaryl/α,β-unsaturated/α-hetero) is 1. The van der Waals surface area contributed by atoms with Gasteiger partial charge in [0.05, 0.1) is 6.61 Å². The van der Waals surface area contributed by atoms with Crippen molar-refractivity contribution in [3.8, 4) is 0 Å². The third-order valence-corrected chi connectivity index (χ3v) is 2.99. The average molecular weight is 266 g/mol. The van der Waals surface area contributed by atoms with Crippen molar-refractivity contribution in [1.29, 1.82) is 0 Å². The monoisotopic (exact) mass is 266 g/mol. The Hall–Kier alpha value is -1.38. The van der Waals surface area contributed by atoms with Crippen LogP contribution in [0.5, 0.6) is 0 Å². The van der Waals surface area contributed by atoms with Gasteiger partial charge in [0.15, 0.2) is 0 Å². The van der Waals surface area contributed by atoms with Gasteiger partial charge in [-0.3, -0.25) is 9.59 Å². The minimum Gasteiger partial charge on any atom is -0.465 e. The van der Waals surface area contributed by atoms with Gasteiger partial charge >= 0.3 is 5.97 Å². The molecule has 0 N–H and O–H groups in total. The van der Waals surface area contributed by atoms with E-state index in [4.69, 9.17) is 4.74 Å². The maximum atomic E-state index is 11.8. The number of ketones is 1. The predicted molar refractivity (Wildman–Crippen MR) is 77.8 cm³/mol. The molecule has 3 nitrogen and oxygen atoms in total. The molecule has 0 heterocycles. The molecule has 0 saturated carbocycles. The van der Waals surface area contributed by atoms with Crippen LogP contribution in [0.1, 0.15) is 52.9 Å². The van der Waals surface area contributed by atoms with Gasteiger partial charge in [-0.25, -0.2) is 0 Å². The van der Waals surface area contributed by atoms with Crippen LogP contribution in [0.3, 0.4) is 0 Å². The van der Waals surface area contributed by atoms with Crippen LogP contribution in [0.15, 0.2) is 24.3 Å².